The van der Waals surface area contributed by atoms with E-state index in [4.69, 9.17) is 4.74 Å². The topological polar surface area (TPSA) is 34.1 Å². The van der Waals surface area contributed by atoms with Crippen LogP contribution in [0.2, 0.25) is 0 Å². The Hall–Kier alpha value is -1.87. The highest BCUT2D eigenvalue weighted by Gasteiger charge is 2.06. The summed E-state index contributed by atoms with van der Waals surface area (Å²) in [6, 6.07) is 14.2. The van der Waals surface area contributed by atoms with Gasteiger partial charge in [-0.15, -0.1) is 0 Å². The van der Waals surface area contributed by atoms with E-state index < -0.39 is 0 Å². The van der Waals surface area contributed by atoms with Crippen LogP contribution in [-0.2, 0) is 0 Å². The average molecular weight is 288 g/mol. The third kappa shape index (κ3) is 7.47. The summed E-state index contributed by atoms with van der Waals surface area (Å²) in [5.74, 6) is 0.944. The largest absolute Gasteiger partial charge is 0.496 e. The number of aryl methyl sites for hydroxylation is 1. The van der Waals surface area contributed by atoms with Crippen molar-refractivity contribution in [3.63, 3.8) is 0 Å². The third-order valence-electron chi connectivity index (χ3n) is 2.85. The molecule has 0 aliphatic heterocycles. The molecule has 1 aromatic heterocycles. The summed E-state index contributed by atoms with van der Waals surface area (Å²) in [6.07, 6.45) is 1.79. The molecular weight excluding hydrogens is 260 g/mol. The van der Waals surface area contributed by atoms with Crippen LogP contribution in [0.15, 0.2) is 48.7 Å². The number of methoxy groups -OCH3 is 1. The van der Waals surface area contributed by atoms with Crippen molar-refractivity contribution in [3.8, 4) is 5.75 Å². The lowest BCUT2D eigenvalue weighted by atomic mass is 10.1. The smallest absolute Gasteiger partial charge is 0.123 e. The molecule has 0 aliphatic carbocycles. The molecule has 1 atom stereocenters. The van der Waals surface area contributed by atoms with Crippen LogP contribution in [0.25, 0.3) is 0 Å². The molecule has 0 fully saturated rings. The van der Waals surface area contributed by atoms with Crippen molar-refractivity contribution in [2.75, 3.05) is 14.2 Å². The minimum Gasteiger partial charge on any atom is -0.496 e. The molecule has 1 unspecified atom stereocenters. The fourth-order valence-corrected chi connectivity index (χ4v) is 1.63. The van der Waals surface area contributed by atoms with Crippen LogP contribution in [0, 0.1) is 6.92 Å². The number of hydrogen-bond donors (Lipinski definition) is 1. The van der Waals surface area contributed by atoms with Crippen LogP contribution >= 0.6 is 0 Å². The van der Waals surface area contributed by atoms with Gasteiger partial charge in [-0.25, -0.2) is 0 Å². The fraction of sp³-hybridized carbons (Fsp3) is 0.389. The minimum absolute atomic E-state index is 0.334. The molecule has 0 radical (unpaired) electrons. The second kappa shape index (κ2) is 11.9. The van der Waals surface area contributed by atoms with Crippen molar-refractivity contribution in [3.05, 3.63) is 59.9 Å². The highest BCUT2D eigenvalue weighted by Crippen LogP contribution is 2.23. The number of pyridine rings is 1. The molecule has 3 nitrogen and oxygen atoms in total. The van der Waals surface area contributed by atoms with Gasteiger partial charge in [0.2, 0.25) is 0 Å². The van der Waals surface area contributed by atoms with Gasteiger partial charge in [0, 0.05) is 23.5 Å². The molecule has 0 bridgehead atoms. The molecule has 1 heterocycles. The standard InChI is InChI=1S/C10H15NO.C6H7N.C2H6/c1-8(11-2)9-6-4-5-7-10(9)12-3;1-6-4-2-3-5-7-6;1-2/h4-8,11H,1-3H3;2-5H,1H3;1-2H3. The summed E-state index contributed by atoms with van der Waals surface area (Å²) < 4.78 is 5.23. The van der Waals surface area contributed by atoms with Gasteiger partial charge < -0.3 is 10.1 Å². The Morgan fingerprint density at radius 3 is 2.10 bits per heavy atom. The maximum absolute atomic E-state index is 5.23. The highest BCUT2D eigenvalue weighted by atomic mass is 16.5. The van der Waals surface area contributed by atoms with Crippen LogP contribution in [0.3, 0.4) is 0 Å². The van der Waals surface area contributed by atoms with Crippen molar-refractivity contribution in [1.82, 2.24) is 10.3 Å². The summed E-state index contributed by atoms with van der Waals surface area (Å²) in [5, 5.41) is 3.18. The van der Waals surface area contributed by atoms with Gasteiger partial charge in [-0.3, -0.25) is 4.98 Å². The number of nitrogens with zero attached hydrogens (tertiary/aromatic N) is 1. The predicted molar refractivity (Wildman–Crippen MR) is 90.8 cm³/mol. The molecule has 21 heavy (non-hydrogen) atoms. The average Bonchev–Trinajstić information content (AvgIpc) is 2.57. The van der Waals surface area contributed by atoms with E-state index in [1.165, 1.54) is 5.56 Å². The van der Waals surface area contributed by atoms with Crippen molar-refractivity contribution >= 4 is 0 Å². The maximum Gasteiger partial charge on any atom is 0.123 e. The van der Waals surface area contributed by atoms with Crippen LogP contribution in [0.4, 0.5) is 0 Å². The van der Waals surface area contributed by atoms with Crippen LogP contribution < -0.4 is 10.1 Å². The molecule has 1 N–H and O–H groups in total. The molecule has 2 aromatic rings. The van der Waals surface area contributed by atoms with E-state index in [-0.39, 0.29) is 0 Å². The van der Waals surface area contributed by atoms with E-state index in [9.17, 15) is 0 Å². The molecule has 0 aliphatic rings. The number of nitrogens with one attached hydrogen (secondary N) is 1. The van der Waals surface area contributed by atoms with Crippen molar-refractivity contribution in [1.29, 1.82) is 0 Å². The van der Waals surface area contributed by atoms with E-state index >= 15 is 0 Å². The quantitative estimate of drug-likeness (QED) is 0.909. The summed E-state index contributed by atoms with van der Waals surface area (Å²) in [7, 11) is 3.64. The zero-order valence-corrected chi connectivity index (χ0v) is 14.1. The second-order valence-corrected chi connectivity index (χ2v) is 4.22. The molecule has 0 saturated heterocycles. The van der Waals surface area contributed by atoms with Crippen molar-refractivity contribution in [2.24, 2.45) is 0 Å². The Morgan fingerprint density at radius 1 is 1.05 bits per heavy atom. The Labute approximate surface area is 129 Å². The van der Waals surface area contributed by atoms with Crippen LogP contribution in [0.1, 0.15) is 38.1 Å². The molecule has 3 heteroatoms. The highest BCUT2D eigenvalue weighted by molar-refractivity contribution is 5.35. The monoisotopic (exact) mass is 288 g/mol. The van der Waals surface area contributed by atoms with Crippen molar-refractivity contribution < 1.29 is 4.74 Å². The van der Waals surface area contributed by atoms with Gasteiger partial charge in [0.15, 0.2) is 0 Å². The third-order valence-corrected chi connectivity index (χ3v) is 2.85. The Bertz CT molecular complexity index is 472. The number of ether oxygens (including phenoxy) is 1. The lowest BCUT2D eigenvalue weighted by Gasteiger charge is -2.14. The molecule has 0 saturated carbocycles. The van der Waals surface area contributed by atoms with Gasteiger partial charge in [-0.05, 0) is 39.1 Å². The first-order valence-electron chi connectivity index (χ1n) is 7.36. The summed E-state index contributed by atoms with van der Waals surface area (Å²) in [5.41, 5.74) is 2.27. The minimum atomic E-state index is 0.334. The Kier molecular flexibility index (Phi) is 10.9. The molecule has 0 spiro atoms. The van der Waals surface area contributed by atoms with Gasteiger partial charge in [-0.1, -0.05) is 38.1 Å². The first kappa shape index (κ1) is 19.1. The normalized spacial score (nSPS) is 10.4. The van der Waals surface area contributed by atoms with Gasteiger partial charge >= 0.3 is 0 Å². The van der Waals surface area contributed by atoms with E-state index in [0.717, 1.165) is 11.4 Å². The van der Waals surface area contributed by atoms with Crippen LogP contribution in [0.5, 0.6) is 5.75 Å². The lowest BCUT2D eigenvalue weighted by Crippen LogP contribution is -2.13. The number of hydrogen-bond acceptors (Lipinski definition) is 3. The fourth-order valence-electron chi connectivity index (χ4n) is 1.63. The van der Waals surface area contributed by atoms with Crippen LogP contribution in [-0.4, -0.2) is 19.1 Å². The first-order valence-corrected chi connectivity index (χ1v) is 7.36. The summed E-state index contributed by atoms with van der Waals surface area (Å²) >= 11 is 0. The number of aromatic nitrogens is 1. The second-order valence-electron chi connectivity index (χ2n) is 4.22. The molecular formula is C18H28N2O. The number of benzene rings is 1. The lowest BCUT2D eigenvalue weighted by molar-refractivity contribution is 0.404. The summed E-state index contributed by atoms with van der Waals surface area (Å²) in [6.45, 7) is 8.08. The Morgan fingerprint density at radius 2 is 1.67 bits per heavy atom. The number of para-hydroxylation sites is 1. The van der Waals surface area contributed by atoms with Gasteiger partial charge in [-0.2, -0.15) is 0 Å². The van der Waals surface area contributed by atoms with Gasteiger partial charge in [0.25, 0.3) is 0 Å². The zero-order chi connectivity index (χ0) is 16.1. The van der Waals surface area contributed by atoms with E-state index in [0.29, 0.717) is 6.04 Å². The Balaban J connectivity index is 0.000000377. The van der Waals surface area contributed by atoms with E-state index in [2.05, 4.69) is 23.3 Å². The summed E-state index contributed by atoms with van der Waals surface area (Å²) in [4.78, 5) is 3.98. The molecule has 1 aromatic carbocycles. The molecule has 116 valence electrons. The SMILES string of the molecule is CC.CNC(C)c1ccccc1OC.Cc1ccccn1. The molecule has 2 rings (SSSR count). The van der Waals surface area contributed by atoms with E-state index in [1.54, 1.807) is 13.3 Å². The van der Waals surface area contributed by atoms with Crippen molar-refractivity contribution in [2.45, 2.75) is 33.7 Å². The van der Waals surface area contributed by atoms with Gasteiger partial charge in [0.1, 0.15) is 5.75 Å². The predicted octanol–water partition coefficient (Wildman–Crippen LogP) is 4.39. The maximum atomic E-state index is 5.23. The van der Waals surface area contributed by atoms with E-state index in [1.807, 2.05) is 64.2 Å². The zero-order valence-electron chi connectivity index (χ0n) is 14.1. The molecule has 0 amide bonds. The number of rotatable bonds is 3. The van der Waals surface area contributed by atoms with Gasteiger partial charge in [0.05, 0.1) is 7.11 Å². The first-order chi connectivity index (χ1) is 10.2.